The molecule has 0 unspecified atom stereocenters. The fourth-order valence-corrected chi connectivity index (χ4v) is 3.49. The van der Waals surface area contributed by atoms with Gasteiger partial charge in [0.15, 0.2) is 5.78 Å². The molecule has 2 aromatic rings. The summed E-state index contributed by atoms with van der Waals surface area (Å²) in [7, 11) is 1.58. The summed E-state index contributed by atoms with van der Waals surface area (Å²) in [4.78, 5) is 26.6. The number of hydrogen-bond acceptors (Lipinski definition) is 4. The van der Waals surface area contributed by atoms with Crippen molar-refractivity contribution in [2.75, 3.05) is 7.05 Å². The molecule has 0 saturated heterocycles. The average molecular weight is 385 g/mol. The van der Waals surface area contributed by atoms with Gasteiger partial charge in [-0.2, -0.15) is 0 Å². The Morgan fingerprint density at radius 2 is 1.75 bits per heavy atom. The summed E-state index contributed by atoms with van der Waals surface area (Å²) in [5, 5.41) is 11.0. The van der Waals surface area contributed by atoms with Gasteiger partial charge in [0, 0.05) is 30.2 Å². The molecule has 1 amide bonds. The van der Waals surface area contributed by atoms with Gasteiger partial charge in [-0.25, -0.2) is 4.39 Å². The minimum absolute atomic E-state index is 0.0339. The highest BCUT2D eigenvalue weighted by Crippen LogP contribution is 2.43. The van der Waals surface area contributed by atoms with Gasteiger partial charge in [-0.1, -0.05) is 6.92 Å². The molecular weight excluding hydrogens is 361 g/mol. The van der Waals surface area contributed by atoms with Crippen LogP contribution in [0.15, 0.2) is 42.5 Å². The Bertz CT molecular complexity index is 907. The Labute approximate surface area is 163 Å². The van der Waals surface area contributed by atoms with E-state index in [9.17, 15) is 19.1 Å². The number of ketones is 1. The van der Waals surface area contributed by atoms with Crippen molar-refractivity contribution in [3.8, 4) is 5.75 Å². The number of nitrogens with zero attached hydrogens (tertiary/aromatic N) is 1. The molecular formula is C22H24FNO4. The number of rotatable bonds is 4. The van der Waals surface area contributed by atoms with Crippen LogP contribution in [-0.4, -0.2) is 40.4 Å². The fourth-order valence-electron chi connectivity index (χ4n) is 3.49. The molecule has 2 atom stereocenters. The third-order valence-electron chi connectivity index (χ3n) is 5.18. The number of aliphatic hydroxyl groups excluding tert-OH is 1. The van der Waals surface area contributed by atoms with Crippen molar-refractivity contribution in [2.45, 2.75) is 44.9 Å². The van der Waals surface area contributed by atoms with E-state index in [2.05, 4.69) is 0 Å². The summed E-state index contributed by atoms with van der Waals surface area (Å²) in [5.41, 5.74) is 0.446. The van der Waals surface area contributed by atoms with E-state index in [1.165, 1.54) is 29.2 Å². The molecule has 1 heterocycles. The van der Waals surface area contributed by atoms with Crippen LogP contribution in [0.25, 0.3) is 0 Å². The molecule has 1 aliphatic heterocycles. The number of benzene rings is 2. The summed E-state index contributed by atoms with van der Waals surface area (Å²) in [6.07, 6.45) is -0.677. The number of halogens is 1. The number of Topliss-reactive ketones (excluding diaryl/α,β-unsaturated/α-hetero) is 1. The highest BCUT2D eigenvalue weighted by molar-refractivity contribution is 5.96. The predicted octanol–water partition coefficient (Wildman–Crippen LogP) is 3.76. The molecule has 148 valence electrons. The Balaban J connectivity index is 2.06. The first kappa shape index (κ1) is 20.0. The molecule has 0 saturated carbocycles. The highest BCUT2D eigenvalue weighted by Gasteiger charge is 2.46. The lowest BCUT2D eigenvalue weighted by Gasteiger charge is -2.45. The van der Waals surface area contributed by atoms with Crippen LogP contribution in [-0.2, 0) is 0 Å². The van der Waals surface area contributed by atoms with Gasteiger partial charge in [-0.15, -0.1) is 0 Å². The van der Waals surface area contributed by atoms with Crippen LogP contribution in [0.5, 0.6) is 5.75 Å². The molecule has 6 heteroatoms. The number of ether oxygens (including phenoxy) is 1. The van der Waals surface area contributed by atoms with Crippen molar-refractivity contribution in [3.05, 3.63) is 65.0 Å². The molecule has 0 spiro atoms. The summed E-state index contributed by atoms with van der Waals surface area (Å²) < 4.78 is 19.1. The minimum Gasteiger partial charge on any atom is -0.485 e. The van der Waals surface area contributed by atoms with Crippen LogP contribution in [0.3, 0.4) is 0 Å². The van der Waals surface area contributed by atoms with E-state index in [1.54, 1.807) is 46.0 Å². The van der Waals surface area contributed by atoms with E-state index in [4.69, 9.17) is 4.74 Å². The number of fused-ring (bicyclic) bond motifs is 1. The number of carbonyl (C=O) groups excluding carboxylic acids is 2. The molecule has 0 fully saturated rings. The largest absolute Gasteiger partial charge is 0.485 e. The fraction of sp³-hybridized carbons (Fsp3) is 0.364. The van der Waals surface area contributed by atoms with Gasteiger partial charge in [0.1, 0.15) is 23.3 Å². The van der Waals surface area contributed by atoms with Crippen LogP contribution in [0.4, 0.5) is 4.39 Å². The summed E-state index contributed by atoms with van der Waals surface area (Å²) >= 11 is 0. The quantitative estimate of drug-likeness (QED) is 0.814. The third kappa shape index (κ3) is 3.52. The predicted molar refractivity (Wildman–Crippen MR) is 103 cm³/mol. The second-order valence-corrected chi connectivity index (χ2v) is 7.55. The van der Waals surface area contributed by atoms with Crippen LogP contribution in [0, 0.1) is 5.82 Å². The SMILES string of the molecule is CCC(=O)c1ccc2c(c1)[C@H](N(C)C(=O)c1ccc(F)cc1)[C@@H](O)C(C)(C)O2. The maximum Gasteiger partial charge on any atom is 0.254 e. The van der Waals surface area contributed by atoms with Gasteiger partial charge in [-0.05, 0) is 56.3 Å². The molecule has 1 N–H and O–H groups in total. The Morgan fingerprint density at radius 3 is 2.36 bits per heavy atom. The van der Waals surface area contributed by atoms with Crippen molar-refractivity contribution in [1.82, 2.24) is 4.90 Å². The van der Waals surface area contributed by atoms with Crippen molar-refractivity contribution in [2.24, 2.45) is 0 Å². The van der Waals surface area contributed by atoms with Crippen LogP contribution in [0.2, 0.25) is 0 Å². The second kappa shape index (κ2) is 7.36. The number of likely N-dealkylation sites (N-methyl/N-ethyl adjacent to an activating group) is 1. The van der Waals surface area contributed by atoms with Crippen molar-refractivity contribution >= 4 is 11.7 Å². The van der Waals surface area contributed by atoms with E-state index in [0.29, 0.717) is 28.9 Å². The van der Waals surface area contributed by atoms with Gasteiger partial charge in [0.05, 0.1) is 6.04 Å². The van der Waals surface area contributed by atoms with Gasteiger partial charge >= 0.3 is 0 Å². The molecule has 3 rings (SSSR count). The summed E-state index contributed by atoms with van der Waals surface area (Å²) in [5.74, 6) is -0.306. The van der Waals surface area contributed by atoms with Crippen LogP contribution < -0.4 is 4.74 Å². The van der Waals surface area contributed by atoms with Crippen molar-refractivity contribution in [3.63, 3.8) is 0 Å². The lowest BCUT2D eigenvalue weighted by atomic mass is 9.84. The Morgan fingerprint density at radius 1 is 1.14 bits per heavy atom. The first-order chi connectivity index (χ1) is 13.2. The maximum atomic E-state index is 13.2. The molecule has 2 aromatic carbocycles. The normalized spacial score (nSPS) is 20.1. The number of carbonyl (C=O) groups is 2. The number of amides is 1. The molecule has 0 bridgehead atoms. The van der Waals surface area contributed by atoms with Gasteiger partial charge in [0.2, 0.25) is 0 Å². The first-order valence-corrected chi connectivity index (χ1v) is 9.22. The monoisotopic (exact) mass is 385 g/mol. The van der Waals surface area contributed by atoms with Gasteiger partial charge in [-0.3, -0.25) is 9.59 Å². The third-order valence-corrected chi connectivity index (χ3v) is 5.18. The zero-order chi connectivity index (χ0) is 20.6. The van der Waals surface area contributed by atoms with Crippen LogP contribution in [0.1, 0.15) is 59.5 Å². The maximum absolute atomic E-state index is 13.2. The molecule has 0 radical (unpaired) electrons. The topological polar surface area (TPSA) is 66.8 Å². The molecule has 5 nitrogen and oxygen atoms in total. The second-order valence-electron chi connectivity index (χ2n) is 7.55. The number of aliphatic hydroxyl groups is 1. The van der Waals surface area contributed by atoms with E-state index >= 15 is 0 Å². The van der Waals surface area contributed by atoms with E-state index in [1.807, 2.05) is 0 Å². The highest BCUT2D eigenvalue weighted by atomic mass is 19.1. The molecule has 0 aromatic heterocycles. The molecule has 0 aliphatic carbocycles. The van der Waals surface area contributed by atoms with Gasteiger partial charge in [0.25, 0.3) is 5.91 Å². The molecule has 1 aliphatic rings. The van der Waals surface area contributed by atoms with Gasteiger partial charge < -0.3 is 14.7 Å². The standard InChI is InChI=1S/C22H24FNO4/c1-5-17(25)14-8-11-18-16(12-14)19(20(26)22(2,3)28-18)24(4)21(27)13-6-9-15(23)10-7-13/h6-12,19-20,26H,5H2,1-4H3/t19-,20+/m0/s1. The first-order valence-electron chi connectivity index (χ1n) is 9.22. The zero-order valence-corrected chi connectivity index (χ0v) is 16.4. The molecule has 28 heavy (non-hydrogen) atoms. The Hall–Kier alpha value is -2.73. The lowest BCUT2D eigenvalue weighted by molar-refractivity contribution is -0.0830. The zero-order valence-electron chi connectivity index (χ0n) is 16.4. The van der Waals surface area contributed by atoms with Crippen molar-refractivity contribution in [1.29, 1.82) is 0 Å². The van der Waals surface area contributed by atoms with E-state index < -0.39 is 23.6 Å². The summed E-state index contributed by atoms with van der Waals surface area (Å²) in [6.45, 7) is 5.27. The average Bonchev–Trinajstić information content (AvgIpc) is 2.67. The minimum atomic E-state index is -1.03. The van der Waals surface area contributed by atoms with Crippen molar-refractivity contribution < 1.29 is 23.8 Å². The summed E-state index contributed by atoms with van der Waals surface area (Å²) in [6, 6.07) is 9.60. The number of hydrogen-bond donors (Lipinski definition) is 1. The lowest BCUT2D eigenvalue weighted by Crippen LogP contribution is -2.54. The smallest absolute Gasteiger partial charge is 0.254 e. The van der Waals surface area contributed by atoms with Crippen LogP contribution >= 0.6 is 0 Å². The van der Waals surface area contributed by atoms with E-state index in [0.717, 1.165) is 0 Å². The van der Waals surface area contributed by atoms with E-state index in [-0.39, 0.29) is 11.7 Å². The Kier molecular flexibility index (Phi) is 5.26.